The van der Waals surface area contributed by atoms with Crippen LogP contribution in [-0.4, -0.2) is 146 Å². The van der Waals surface area contributed by atoms with Gasteiger partial charge in [-0.1, -0.05) is 146 Å². The standard InChI is InChI=1S/C29H34N6O4.C24H24ClN5O4.C13H9ClN4O3.C12H16O2.C5H11N/c1-19-16-23-24(17-22(19)30-21-10-5-6-11-21)35(27-26(31-23)28(38)33-29(39)32-27)15-14-34(13-7-12-25(36)37)18-20-8-3-2-4-9-20;1-15-12-18-19(13-17(15)25)30(22-21(26-18)23(33)28-24(34)27-22)11-10-29(9-5-8-20(31)32)14-16-6-3-2-4-7-16;1-6-4-8-9(5-7(6)14)18(2-3-19)11-10(15-8)12(20)17-13(21)16-11;13-12(14)10-6-2-5-9-11-7-3-1-4-8-11;6-5-3-1-2-4-5/h2-4,8-9,16-17,21,30H,5-7,10-15,18H2,1H3,(H,36,37)(H,33,38,39);2-4,6-7,12-13H,5,8-11,14H2,1H3,(H,31,32)(H,28,33,34);3-5H,2H2,1H3,(H,17,20,21);1,3-4,7-8H,2,5-6,9-10H2,(H,13,14);5H,1-4,6H2. The molecule has 114 heavy (non-hydrogen) atoms. The van der Waals surface area contributed by atoms with Crippen molar-refractivity contribution in [1.29, 1.82) is 0 Å². The number of aromatic nitrogens is 12. The fraction of sp³-hybridized carbons (Fsp3) is 0.373. The van der Waals surface area contributed by atoms with Gasteiger partial charge in [0.1, 0.15) is 6.29 Å². The van der Waals surface area contributed by atoms with Crippen molar-refractivity contribution in [3.63, 3.8) is 0 Å². The van der Waals surface area contributed by atoms with E-state index in [2.05, 4.69) is 78.2 Å². The van der Waals surface area contributed by atoms with Crippen LogP contribution < -0.4 is 44.8 Å². The summed E-state index contributed by atoms with van der Waals surface area (Å²) in [6.45, 7) is 10.00. The van der Waals surface area contributed by atoms with E-state index in [1.165, 1.54) is 48.7 Å². The van der Waals surface area contributed by atoms with E-state index in [1.54, 1.807) is 35.8 Å². The number of aryl methyl sites for hydroxylation is 4. The van der Waals surface area contributed by atoms with Gasteiger partial charge in [0.05, 0.1) is 39.6 Å². The van der Waals surface area contributed by atoms with Crippen molar-refractivity contribution in [2.75, 3.05) is 31.5 Å². The van der Waals surface area contributed by atoms with Crippen LogP contribution in [0.1, 0.15) is 136 Å². The van der Waals surface area contributed by atoms with Crippen molar-refractivity contribution in [2.45, 2.75) is 175 Å². The highest BCUT2D eigenvalue weighted by Gasteiger charge is 2.25. The highest BCUT2D eigenvalue weighted by atomic mass is 35.5. The molecule has 0 unspecified atom stereocenters. The summed E-state index contributed by atoms with van der Waals surface area (Å²) in [5.41, 5.74) is 12.6. The average Bonchev–Trinajstić information content (AvgIpc) is 0.770. The number of hydrogen-bond donors (Lipinski definition) is 8. The predicted octanol–water partition coefficient (Wildman–Crippen LogP) is 11.0. The number of rotatable bonds is 28. The minimum absolute atomic E-state index is 0.00525. The van der Waals surface area contributed by atoms with Gasteiger partial charge in [0, 0.05) is 86.3 Å². The first-order valence-electron chi connectivity index (χ1n) is 38.2. The van der Waals surface area contributed by atoms with Crippen molar-refractivity contribution in [3.05, 3.63) is 233 Å². The number of aliphatic carboxylic acids is 3. The van der Waals surface area contributed by atoms with Crippen LogP contribution in [0.25, 0.3) is 67.7 Å². The lowest BCUT2D eigenvalue weighted by Crippen LogP contribution is -2.32. The summed E-state index contributed by atoms with van der Waals surface area (Å²) < 4.78 is 5.14. The number of carboxylic acids is 3. The molecule has 0 spiro atoms. The molecule has 6 heterocycles. The molecule has 8 aliphatic rings. The number of halogens is 2. The van der Waals surface area contributed by atoms with Crippen molar-refractivity contribution >= 4 is 86.2 Å². The molecule has 0 saturated heterocycles. The molecule has 2 fully saturated rings. The Morgan fingerprint density at radius 3 is 1.26 bits per heavy atom. The molecule has 6 aliphatic heterocycles. The van der Waals surface area contributed by atoms with Crippen molar-refractivity contribution in [1.82, 2.24) is 68.4 Å². The van der Waals surface area contributed by atoms with Gasteiger partial charge < -0.3 is 44.9 Å². The third-order valence-electron chi connectivity index (χ3n) is 19.8. The molecule has 0 aromatic heterocycles. The van der Waals surface area contributed by atoms with E-state index in [-0.39, 0.29) is 53.9 Å². The van der Waals surface area contributed by atoms with Gasteiger partial charge in [0.15, 0.2) is 34.6 Å². The number of aromatic amines is 3. The number of carbonyl (C=O) groups is 4. The number of nitrogens with two attached hydrogens (primary N) is 1. The van der Waals surface area contributed by atoms with Crippen LogP contribution in [0.15, 0.2) is 156 Å². The van der Waals surface area contributed by atoms with Crippen LogP contribution in [0, 0.1) is 20.8 Å². The van der Waals surface area contributed by atoms with Crippen LogP contribution in [0.5, 0.6) is 0 Å². The lowest BCUT2D eigenvalue weighted by atomic mass is 10.1. The maximum absolute atomic E-state index is 12.7. The lowest BCUT2D eigenvalue weighted by Gasteiger charge is -2.25. The SMILES string of the molecule is Cc1cc2nc3c(=O)[nH]c(=O)nc-3n(CC=O)c2cc1Cl.Cc1cc2nc3c(=O)[nH]c(=O)nc-3n(CCN(CCCC(=O)O)Cc3ccccc3)c2cc1Cl.Cc1cc2nc3c(=O)[nH]c(=O)nc-3n(CCN(CCCC(=O)O)Cc3ccccc3)c2cc1NC1CCCC1.NC1CCCC1.O=C(O)CCCCCc1ccccc1. The molecule has 2 aliphatic carbocycles. The molecular weight excluding hydrogens is 1500 g/mol. The average molecular weight is 1590 g/mol. The molecule has 0 amide bonds. The van der Waals surface area contributed by atoms with Gasteiger partial charge in [0.25, 0.3) is 16.7 Å². The third kappa shape index (κ3) is 24.0. The van der Waals surface area contributed by atoms with Crippen molar-refractivity contribution in [2.24, 2.45) is 5.73 Å². The number of aldehydes is 1. The number of fused-ring (bicyclic) bond motifs is 6. The fourth-order valence-electron chi connectivity index (χ4n) is 13.9. The minimum Gasteiger partial charge on any atom is -0.481 e. The Labute approximate surface area is 665 Å². The smallest absolute Gasteiger partial charge is 0.349 e. The number of unbranched alkanes of at least 4 members (excludes halogenated alkanes) is 2. The summed E-state index contributed by atoms with van der Waals surface area (Å²) in [4.78, 5) is 152. The molecule has 598 valence electrons. The minimum atomic E-state index is -0.837. The van der Waals surface area contributed by atoms with Gasteiger partial charge in [-0.3, -0.25) is 53.5 Å². The summed E-state index contributed by atoms with van der Waals surface area (Å²) in [7, 11) is 0. The third-order valence-corrected chi connectivity index (χ3v) is 20.6. The Balaban J connectivity index is 0.000000165. The molecular formula is C83H94Cl2N16O13. The van der Waals surface area contributed by atoms with Crippen LogP contribution in [-0.2, 0) is 58.3 Å². The number of carboxylic acid groups (broad SMARTS) is 3. The van der Waals surface area contributed by atoms with E-state index in [0.29, 0.717) is 128 Å². The maximum Gasteiger partial charge on any atom is 0.349 e. The normalized spacial score (nSPS) is 12.8. The first kappa shape index (κ1) is 84.9. The van der Waals surface area contributed by atoms with E-state index < -0.39 is 51.7 Å². The molecule has 2 saturated carbocycles. The lowest BCUT2D eigenvalue weighted by molar-refractivity contribution is -0.138. The molecule has 0 atom stereocenters. The monoisotopic (exact) mass is 1590 g/mol. The molecule has 31 heteroatoms. The highest BCUT2D eigenvalue weighted by molar-refractivity contribution is 6.32. The fourth-order valence-corrected chi connectivity index (χ4v) is 14.3. The second-order valence-electron chi connectivity index (χ2n) is 28.5. The molecule has 9 N–H and O–H groups in total. The largest absolute Gasteiger partial charge is 0.481 e. The zero-order chi connectivity index (χ0) is 81.4. The van der Waals surface area contributed by atoms with Gasteiger partial charge in [-0.05, 0) is 161 Å². The van der Waals surface area contributed by atoms with Crippen LogP contribution in [0.4, 0.5) is 5.69 Å². The first-order chi connectivity index (χ1) is 54.9. The Kier molecular flexibility index (Phi) is 30.8. The predicted molar refractivity (Wildman–Crippen MR) is 439 cm³/mol. The van der Waals surface area contributed by atoms with Gasteiger partial charge in [-0.25, -0.2) is 29.3 Å². The summed E-state index contributed by atoms with van der Waals surface area (Å²) >= 11 is 12.5. The van der Waals surface area contributed by atoms with Crippen LogP contribution >= 0.6 is 23.2 Å². The van der Waals surface area contributed by atoms with Crippen LogP contribution in [0.2, 0.25) is 10.0 Å². The van der Waals surface area contributed by atoms with Gasteiger partial charge in [-0.2, -0.15) is 15.0 Å². The Hall–Kier alpha value is -11.5. The van der Waals surface area contributed by atoms with Gasteiger partial charge >= 0.3 is 35.0 Å². The summed E-state index contributed by atoms with van der Waals surface area (Å²) in [5, 5.41) is 31.3. The quantitative estimate of drug-likeness (QED) is 0.0128. The van der Waals surface area contributed by atoms with E-state index >= 15 is 0 Å². The number of anilines is 1. The Bertz CT molecular complexity index is 5570. The summed E-state index contributed by atoms with van der Waals surface area (Å²) in [6.07, 6.45) is 16.0. The number of carbonyl (C=O) groups excluding carboxylic acids is 1. The zero-order valence-corrected chi connectivity index (χ0v) is 65.4. The summed E-state index contributed by atoms with van der Waals surface area (Å²) in [6, 6.07) is 42.1. The number of nitrogens with one attached hydrogen (secondary N) is 4. The molecule has 0 radical (unpaired) electrons. The number of hydrogen-bond acceptors (Lipinski definition) is 20. The molecule has 6 aromatic carbocycles. The molecule has 14 rings (SSSR count). The number of nitrogens with zero attached hydrogens (tertiary/aromatic N) is 11. The van der Waals surface area contributed by atoms with Crippen LogP contribution in [0.3, 0.4) is 0 Å². The van der Waals surface area contributed by atoms with Gasteiger partial charge in [0.2, 0.25) is 0 Å². The molecule has 0 bridgehead atoms. The number of H-pyrrole nitrogens is 3. The van der Waals surface area contributed by atoms with Gasteiger partial charge in [-0.15, -0.1) is 0 Å². The van der Waals surface area contributed by atoms with E-state index in [1.807, 2.05) is 103 Å². The summed E-state index contributed by atoms with van der Waals surface area (Å²) in [5.74, 6) is -1.85. The Morgan fingerprint density at radius 2 is 0.860 bits per heavy atom. The highest BCUT2D eigenvalue weighted by Crippen LogP contribution is 2.32. The van der Waals surface area contributed by atoms with E-state index in [9.17, 15) is 47.9 Å². The zero-order valence-electron chi connectivity index (χ0n) is 63.9. The van der Waals surface area contributed by atoms with Crippen molar-refractivity contribution < 1.29 is 34.5 Å². The first-order valence-corrected chi connectivity index (χ1v) is 39.0. The molecule has 6 aromatic rings. The van der Waals surface area contributed by atoms with Crippen molar-refractivity contribution in [3.8, 4) is 34.6 Å². The Morgan fingerprint density at radius 1 is 0.482 bits per heavy atom. The van der Waals surface area contributed by atoms with E-state index in [4.69, 9.17) is 44.3 Å². The van der Waals surface area contributed by atoms with E-state index in [0.717, 1.165) is 77.5 Å². The topological polar surface area (TPSA) is 415 Å². The maximum atomic E-state index is 12.7. The molecule has 29 nitrogen and oxygen atoms in total. The second-order valence-corrected chi connectivity index (χ2v) is 29.3. The number of benzene rings is 6. The second kappa shape index (κ2) is 41.3.